The molecule has 1 aliphatic rings. The Kier molecular flexibility index (Phi) is 4.51. The highest BCUT2D eigenvalue weighted by Gasteiger charge is 2.25. The number of H-pyrrole nitrogens is 1. The van der Waals surface area contributed by atoms with E-state index < -0.39 is 15.9 Å². The van der Waals surface area contributed by atoms with Gasteiger partial charge in [-0.3, -0.25) is 4.79 Å². The van der Waals surface area contributed by atoms with Crippen LogP contribution in [0.3, 0.4) is 0 Å². The first-order chi connectivity index (χ1) is 11.7. The van der Waals surface area contributed by atoms with Gasteiger partial charge in [0.25, 0.3) is 5.91 Å². The molecule has 8 heteroatoms. The number of aryl methyl sites for hydroxylation is 2. The largest absolute Gasteiger partial charge is 0.369 e. The number of carbonyl (C=O) groups is 1. The summed E-state index contributed by atoms with van der Waals surface area (Å²) < 4.78 is 25.8. The summed E-state index contributed by atoms with van der Waals surface area (Å²) in [6.45, 7) is 5.42. The van der Waals surface area contributed by atoms with Gasteiger partial charge in [0.15, 0.2) is 0 Å². The van der Waals surface area contributed by atoms with Crippen LogP contribution in [0, 0.1) is 13.8 Å². The molecule has 7 nitrogen and oxygen atoms in total. The molecule has 0 saturated carbocycles. The van der Waals surface area contributed by atoms with Crippen molar-refractivity contribution in [3.05, 3.63) is 29.0 Å². The number of carbonyl (C=O) groups excluding carboxylic acids is 1. The third kappa shape index (κ3) is 3.50. The van der Waals surface area contributed by atoms with Gasteiger partial charge in [-0.15, -0.1) is 0 Å². The second-order valence-electron chi connectivity index (χ2n) is 6.80. The van der Waals surface area contributed by atoms with Gasteiger partial charge in [-0.2, -0.15) is 0 Å². The number of benzene rings is 1. The lowest BCUT2D eigenvalue weighted by atomic mass is 10.0. The average molecular weight is 364 g/mol. The highest BCUT2D eigenvalue weighted by atomic mass is 32.2. The molecule has 136 valence electrons. The van der Waals surface area contributed by atoms with Gasteiger partial charge in [-0.25, -0.2) is 13.1 Å². The van der Waals surface area contributed by atoms with E-state index in [9.17, 15) is 13.2 Å². The molecule has 1 atom stereocenters. The number of piperidine rings is 1. The van der Waals surface area contributed by atoms with Crippen molar-refractivity contribution in [1.29, 1.82) is 0 Å². The normalized spacial score (nSPS) is 18.7. The van der Waals surface area contributed by atoms with Crippen LogP contribution in [-0.2, 0) is 10.0 Å². The molecule has 1 aliphatic heterocycles. The lowest BCUT2D eigenvalue weighted by Gasteiger charge is -2.35. The van der Waals surface area contributed by atoms with Crippen LogP contribution in [0.15, 0.2) is 12.1 Å². The first-order valence-corrected chi connectivity index (χ1v) is 10.2. The second-order valence-corrected chi connectivity index (χ2v) is 8.58. The molecule has 0 aliphatic carbocycles. The Hall–Kier alpha value is -2.06. The number of hydrogen-bond donors (Lipinski definition) is 3. The number of nitrogens with one attached hydrogen (secondary N) is 2. The number of aromatic nitrogens is 1. The first-order valence-electron chi connectivity index (χ1n) is 8.31. The van der Waals surface area contributed by atoms with Gasteiger partial charge in [0.1, 0.15) is 0 Å². The van der Waals surface area contributed by atoms with Crippen LogP contribution >= 0.6 is 0 Å². The first kappa shape index (κ1) is 17.8. The number of primary amides is 1. The van der Waals surface area contributed by atoms with E-state index in [0.717, 1.165) is 47.2 Å². The average Bonchev–Trinajstić information content (AvgIpc) is 2.80. The standard InChI is InChI=1S/C17H24N4O3S/c1-10-11(2)19-16-13(17(18)22)6-7-14(15(10)16)21-8-4-5-12(9-21)20-25(3,23)24/h6-7,12,19-20H,4-5,8-9H2,1-3H3,(H2,18,22). The molecule has 4 N–H and O–H groups in total. The van der Waals surface area contributed by atoms with Gasteiger partial charge in [0.2, 0.25) is 10.0 Å². The van der Waals surface area contributed by atoms with E-state index >= 15 is 0 Å². The smallest absolute Gasteiger partial charge is 0.250 e. The van der Waals surface area contributed by atoms with E-state index in [2.05, 4.69) is 14.6 Å². The van der Waals surface area contributed by atoms with Crippen molar-refractivity contribution >= 4 is 32.5 Å². The zero-order valence-corrected chi connectivity index (χ0v) is 15.5. The monoisotopic (exact) mass is 364 g/mol. The van der Waals surface area contributed by atoms with Gasteiger partial charge in [0.05, 0.1) is 17.3 Å². The fraction of sp³-hybridized carbons (Fsp3) is 0.471. The predicted molar refractivity (Wildman–Crippen MR) is 99.5 cm³/mol. The number of nitrogens with zero attached hydrogens (tertiary/aromatic N) is 1. The lowest BCUT2D eigenvalue weighted by Crippen LogP contribution is -2.47. The maximum atomic E-state index is 11.7. The quantitative estimate of drug-likeness (QED) is 0.762. The SMILES string of the molecule is Cc1[nH]c2c(C(N)=O)ccc(N3CCCC(NS(C)(=O)=O)C3)c2c1C. The number of rotatable bonds is 4. The highest BCUT2D eigenvalue weighted by molar-refractivity contribution is 7.88. The number of nitrogens with two attached hydrogens (primary N) is 1. The molecule has 1 amide bonds. The fourth-order valence-corrected chi connectivity index (χ4v) is 4.43. The molecule has 0 radical (unpaired) electrons. The van der Waals surface area contributed by atoms with E-state index in [1.54, 1.807) is 6.07 Å². The predicted octanol–water partition coefficient (Wildman–Crippen LogP) is 1.40. The van der Waals surface area contributed by atoms with Crippen LogP contribution in [-0.4, -0.2) is 44.7 Å². The van der Waals surface area contributed by atoms with Crippen LogP contribution in [0.1, 0.15) is 34.5 Å². The van der Waals surface area contributed by atoms with Crippen LogP contribution in [0.25, 0.3) is 10.9 Å². The minimum atomic E-state index is -3.24. The molecular formula is C17H24N4O3S. The zero-order valence-electron chi connectivity index (χ0n) is 14.7. The van der Waals surface area contributed by atoms with Crippen molar-refractivity contribution in [2.24, 2.45) is 5.73 Å². The Bertz CT molecular complexity index is 933. The number of sulfonamides is 1. The Morgan fingerprint density at radius 1 is 1.36 bits per heavy atom. The molecule has 1 saturated heterocycles. The summed E-state index contributed by atoms with van der Waals surface area (Å²) in [5.41, 5.74) is 9.80. The topological polar surface area (TPSA) is 108 Å². The second kappa shape index (κ2) is 6.34. The molecule has 0 spiro atoms. The maximum Gasteiger partial charge on any atom is 0.250 e. The minimum absolute atomic E-state index is 0.116. The van der Waals surface area contributed by atoms with E-state index in [4.69, 9.17) is 5.73 Å². The van der Waals surface area contributed by atoms with Gasteiger partial charge in [-0.1, -0.05) is 0 Å². The molecule has 0 bridgehead atoms. The summed E-state index contributed by atoms with van der Waals surface area (Å²) in [4.78, 5) is 17.2. The summed E-state index contributed by atoms with van der Waals surface area (Å²) in [6, 6.07) is 3.53. The van der Waals surface area contributed by atoms with Crippen molar-refractivity contribution < 1.29 is 13.2 Å². The van der Waals surface area contributed by atoms with Crippen molar-refractivity contribution in [2.45, 2.75) is 32.7 Å². The Morgan fingerprint density at radius 2 is 2.08 bits per heavy atom. The summed E-state index contributed by atoms with van der Waals surface area (Å²) in [6.07, 6.45) is 2.90. The van der Waals surface area contributed by atoms with Crippen LogP contribution in [0.2, 0.25) is 0 Å². The molecule has 25 heavy (non-hydrogen) atoms. The van der Waals surface area contributed by atoms with Gasteiger partial charge in [-0.05, 0) is 44.4 Å². The van der Waals surface area contributed by atoms with Crippen LogP contribution < -0.4 is 15.4 Å². The number of fused-ring (bicyclic) bond motifs is 1. The van der Waals surface area contributed by atoms with Crippen molar-refractivity contribution in [2.75, 3.05) is 24.2 Å². The van der Waals surface area contributed by atoms with E-state index in [1.807, 2.05) is 19.9 Å². The van der Waals surface area contributed by atoms with E-state index in [-0.39, 0.29) is 6.04 Å². The van der Waals surface area contributed by atoms with Gasteiger partial charge < -0.3 is 15.6 Å². The van der Waals surface area contributed by atoms with Gasteiger partial charge >= 0.3 is 0 Å². The summed E-state index contributed by atoms with van der Waals surface area (Å²) in [7, 11) is -3.24. The molecular weight excluding hydrogens is 340 g/mol. The third-order valence-electron chi connectivity index (χ3n) is 4.84. The molecule has 1 unspecified atom stereocenters. The van der Waals surface area contributed by atoms with Crippen LogP contribution in [0.4, 0.5) is 5.69 Å². The Morgan fingerprint density at radius 3 is 2.72 bits per heavy atom. The van der Waals surface area contributed by atoms with Crippen molar-refractivity contribution in [1.82, 2.24) is 9.71 Å². The number of amides is 1. The third-order valence-corrected chi connectivity index (χ3v) is 5.60. The number of hydrogen-bond acceptors (Lipinski definition) is 4. The van der Waals surface area contributed by atoms with E-state index in [1.165, 1.54) is 6.26 Å². The lowest BCUT2D eigenvalue weighted by molar-refractivity contribution is 0.100. The molecule has 2 aromatic rings. The van der Waals surface area contributed by atoms with Crippen LogP contribution in [0.5, 0.6) is 0 Å². The summed E-state index contributed by atoms with van der Waals surface area (Å²) in [5.74, 6) is -0.465. The molecule has 1 fully saturated rings. The molecule has 2 heterocycles. The maximum absolute atomic E-state index is 11.7. The fourth-order valence-electron chi connectivity index (χ4n) is 3.63. The molecule has 3 rings (SSSR count). The summed E-state index contributed by atoms with van der Waals surface area (Å²) >= 11 is 0. The number of aromatic amines is 1. The summed E-state index contributed by atoms with van der Waals surface area (Å²) in [5, 5.41) is 0.980. The highest BCUT2D eigenvalue weighted by Crippen LogP contribution is 2.35. The zero-order chi connectivity index (χ0) is 18.4. The Balaban J connectivity index is 2.04. The Labute approximate surface area is 147 Å². The molecule has 1 aromatic carbocycles. The molecule has 1 aromatic heterocycles. The van der Waals surface area contributed by atoms with Gasteiger partial charge in [0, 0.05) is 35.9 Å². The van der Waals surface area contributed by atoms with E-state index in [0.29, 0.717) is 12.1 Å². The minimum Gasteiger partial charge on any atom is -0.369 e. The number of anilines is 1. The van der Waals surface area contributed by atoms with Crippen molar-refractivity contribution in [3.63, 3.8) is 0 Å². The van der Waals surface area contributed by atoms with Crippen molar-refractivity contribution in [3.8, 4) is 0 Å².